The van der Waals surface area contributed by atoms with E-state index in [4.69, 9.17) is 18.6 Å². The van der Waals surface area contributed by atoms with Crippen LogP contribution in [0.5, 0.6) is 17.2 Å². The van der Waals surface area contributed by atoms with E-state index in [2.05, 4.69) is 13.8 Å². The van der Waals surface area contributed by atoms with Gasteiger partial charge in [-0.05, 0) is 65.9 Å². The first-order chi connectivity index (χ1) is 18.8. The number of ether oxygens (including phenoxy) is 3. The van der Waals surface area contributed by atoms with Crippen LogP contribution >= 0.6 is 0 Å². The maximum Gasteiger partial charge on any atom is 0.291 e. The van der Waals surface area contributed by atoms with Gasteiger partial charge < -0.3 is 23.5 Å². The fourth-order valence-electron chi connectivity index (χ4n) is 4.81. The molecule has 4 aromatic rings. The lowest BCUT2D eigenvalue weighted by molar-refractivity contribution is 0.0714. The predicted molar refractivity (Wildman–Crippen MR) is 145 cm³/mol. The average Bonchev–Trinajstić information content (AvgIpc) is 3.20. The van der Waals surface area contributed by atoms with Crippen LogP contribution in [-0.4, -0.2) is 31.6 Å². The average molecular weight is 532 g/mol. The molecule has 1 aliphatic rings. The molecule has 1 atom stereocenters. The van der Waals surface area contributed by atoms with E-state index in [0.717, 1.165) is 18.1 Å². The van der Waals surface area contributed by atoms with E-state index in [9.17, 15) is 14.0 Å². The van der Waals surface area contributed by atoms with Crippen molar-refractivity contribution in [3.63, 3.8) is 0 Å². The third-order valence-electron chi connectivity index (χ3n) is 6.90. The first-order valence-electron chi connectivity index (χ1n) is 12.8. The van der Waals surface area contributed by atoms with Crippen LogP contribution in [0, 0.1) is 11.7 Å². The molecule has 5 rings (SSSR count). The Hall–Kier alpha value is -4.33. The molecule has 0 bridgehead atoms. The fraction of sp³-hybridized carbons (Fsp3) is 0.290. The van der Waals surface area contributed by atoms with Crippen LogP contribution in [0.3, 0.4) is 0 Å². The normalized spacial score (nSPS) is 14.7. The predicted octanol–water partition coefficient (Wildman–Crippen LogP) is 6.12. The number of amides is 1. The van der Waals surface area contributed by atoms with Crippen LogP contribution in [0.4, 0.5) is 4.39 Å². The molecule has 0 fully saturated rings. The molecule has 0 saturated carbocycles. The SMILES string of the molecule is COc1ccc(CN2C(=O)c3oc4ccc(F)cc4c(=O)c3C2c2ccc(OCCC(C)C)c(OC)c2)cc1. The Morgan fingerprint density at radius 3 is 2.41 bits per heavy atom. The molecule has 202 valence electrons. The molecule has 8 heteroatoms. The minimum Gasteiger partial charge on any atom is -0.497 e. The van der Waals surface area contributed by atoms with E-state index in [1.807, 2.05) is 30.3 Å². The van der Waals surface area contributed by atoms with Gasteiger partial charge in [0.15, 0.2) is 16.9 Å². The minimum atomic E-state index is -0.780. The van der Waals surface area contributed by atoms with Crippen LogP contribution in [-0.2, 0) is 6.54 Å². The second-order valence-corrected chi connectivity index (χ2v) is 9.94. The van der Waals surface area contributed by atoms with E-state index in [-0.39, 0.29) is 28.8 Å². The molecule has 1 amide bonds. The van der Waals surface area contributed by atoms with Gasteiger partial charge in [-0.15, -0.1) is 0 Å². The number of methoxy groups -OCH3 is 2. The highest BCUT2D eigenvalue weighted by molar-refractivity contribution is 5.99. The summed E-state index contributed by atoms with van der Waals surface area (Å²) < 4.78 is 36.8. The van der Waals surface area contributed by atoms with Crippen LogP contribution in [0.15, 0.2) is 69.9 Å². The molecule has 2 heterocycles. The molecule has 1 aliphatic heterocycles. The summed E-state index contributed by atoms with van der Waals surface area (Å²) in [5, 5.41) is 0.0819. The Bertz CT molecular complexity index is 1580. The lowest BCUT2D eigenvalue weighted by Crippen LogP contribution is -2.29. The third kappa shape index (κ3) is 5.06. The molecular formula is C31H30FNO6. The quantitative estimate of drug-likeness (QED) is 0.259. The lowest BCUT2D eigenvalue weighted by Gasteiger charge is -2.26. The summed E-state index contributed by atoms with van der Waals surface area (Å²) in [6.07, 6.45) is 0.885. The summed E-state index contributed by atoms with van der Waals surface area (Å²) in [6.45, 7) is 4.98. The Morgan fingerprint density at radius 2 is 1.72 bits per heavy atom. The van der Waals surface area contributed by atoms with E-state index in [1.165, 1.54) is 12.1 Å². The van der Waals surface area contributed by atoms with Gasteiger partial charge in [0.25, 0.3) is 5.91 Å². The molecule has 0 N–H and O–H groups in total. The van der Waals surface area contributed by atoms with Crippen LogP contribution in [0.25, 0.3) is 11.0 Å². The van der Waals surface area contributed by atoms with E-state index < -0.39 is 23.2 Å². The van der Waals surface area contributed by atoms with Crippen molar-refractivity contribution in [2.75, 3.05) is 20.8 Å². The van der Waals surface area contributed by atoms with Crippen molar-refractivity contribution in [2.24, 2.45) is 5.92 Å². The lowest BCUT2D eigenvalue weighted by atomic mass is 9.97. The van der Waals surface area contributed by atoms with Crippen LogP contribution in [0.1, 0.15) is 53.6 Å². The fourth-order valence-corrected chi connectivity index (χ4v) is 4.81. The Balaban J connectivity index is 1.62. The maximum atomic E-state index is 14.1. The number of halogens is 1. The third-order valence-corrected chi connectivity index (χ3v) is 6.90. The molecule has 39 heavy (non-hydrogen) atoms. The van der Waals surface area contributed by atoms with Crippen molar-refractivity contribution in [3.05, 3.63) is 99.2 Å². The highest BCUT2D eigenvalue weighted by Gasteiger charge is 2.43. The summed E-state index contributed by atoms with van der Waals surface area (Å²) in [4.78, 5) is 29.1. The van der Waals surface area contributed by atoms with E-state index >= 15 is 0 Å². The number of benzene rings is 3. The van der Waals surface area contributed by atoms with Gasteiger partial charge in [-0.3, -0.25) is 9.59 Å². The molecule has 7 nitrogen and oxygen atoms in total. The Kier molecular flexibility index (Phi) is 7.28. The van der Waals surface area contributed by atoms with E-state index in [0.29, 0.717) is 35.3 Å². The summed E-state index contributed by atoms with van der Waals surface area (Å²) >= 11 is 0. The number of nitrogens with zero attached hydrogens (tertiary/aromatic N) is 1. The summed E-state index contributed by atoms with van der Waals surface area (Å²) in [5.74, 6) is 1.20. The molecule has 0 radical (unpaired) electrons. The maximum absolute atomic E-state index is 14.1. The number of hydrogen-bond donors (Lipinski definition) is 0. The number of carbonyl (C=O) groups is 1. The Morgan fingerprint density at radius 1 is 0.949 bits per heavy atom. The van der Waals surface area contributed by atoms with Gasteiger partial charge in [-0.2, -0.15) is 0 Å². The smallest absolute Gasteiger partial charge is 0.291 e. The zero-order valence-electron chi connectivity index (χ0n) is 22.3. The summed E-state index contributed by atoms with van der Waals surface area (Å²) in [7, 11) is 3.13. The van der Waals surface area contributed by atoms with Gasteiger partial charge in [-0.25, -0.2) is 4.39 Å². The van der Waals surface area contributed by atoms with Crippen LogP contribution < -0.4 is 19.6 Å². The van der Waals surface area contributed by atoms with Crippen molar-refractivity contribution in [3.8, 4) is 17.2 Å². The van der Waals surface area contributed by atoms with Crippen molar-refractivity contribution in [1.29, 1.82) is 0 Å². The largest absolute Gasteiger partial charge is 0.497 e. The first-order valence-corrected chi connectivity index (χ1v) is 12.8. The molecule has 0 spiro atoms. The number of fused-ring (bicyclic) bond motifs is 2. The highest BCUT2D eigenvalue weighted by atomic mass is 19.1. The van der Waals surface area contributed by atoms with Gasteiger partial charge in [0.05, 0.1) is 37.8 Å². The standard InChI is InChI=1S/C31H30FNO6/c1-18(2)13-14-38-25-11-7-20(15-26(25)37-4)28-27-29(34)23-16-21(32)8-12-24(23)39-30(27)31(35)33(28)17-19-5-9-22(36-3)10-6-19/h5-12,15-16,18,28H,13-14,17H2,1-4H3. The topological polar surface area (TPSA) is 78.2 Å². The second kappa shape index (κ2) is 10.8. The van der Waals surface area contributed by atoms with Gasteiger partial charge >= 0.3 is 0 Å². The van der Waals surface area contributed by atoms with Crippen molar-refractivity contribution < 1.29 is 27.8 Å². The molecule has 3 aromatic carbocycles. The second-order valence-electron chi connectivity index (χ2n) is 9.94. The van der Waals surface area contributed by atoms with Gasteiger partial charge in [0.2, 0.25) is 5.76 Å². The van der Waals surface area contributed by atoms with E-state index in [1.54, 1.807) is 31.3 Å². The van der Waals surface area contributed by atoms with Crippen molar-refractivity contribution >= 4 is 16.9 Å². The summed E-state index contributed by atoms with van der Waals surface area (Å²) in [5.41, 5.74) is 1.36. The van der Waals surface area contributed by atoms with Gasteiger partial charge in [-0.1, -0.05) is 32.0 Å². The van der Waals surface area contributed by atoms with Crippen molar-refractivity contribution in [1.82, 2.24) is 4.90 Å². The van der Waals surface area contributed by atoms with Crippen molar-refractivity contribution in [2.45, 2.75) is 32.9 Å². The molecule has 1 unspecified atom stereocenters. The minimum absolute atomic E-state index is 0.0474. The molecule has 0 saturated heterocycles. The first kappa shape index (κ1) is 26.3. The number of hydrogen-bond acceptors (Lipinski definition) is 6. The van der Waals surface area contributed by atoms with Crippen LogP contribution in [0.2, 0.25) is 0 Å². The summed E-state index contributed by atoms with van der Waals surface area (Å²) in [6, 6.07) is 15.6. The molecular weight excluding hydrogens is 501 g/mol. The number of carbonyl (C=O) groups excluding carboxylic acids is 1. The zero-order valence-corrected chi connectivity index (χ0v) is 22.3. The Labute approximate surface area is 225 Å². The molecule has 1 aromatic heterocycles. The zero-order chi connectivity index (χ0) is 27.7. The number of rotatable bonds is 9. The van der Waals surface area contributed by atoms with Gasteiger partial charge in [0, 0.05) is 6.54 Å². The molecule has 0 aliphatic carbocycles. The highest BCUT2D eigenvalue weighted by Crippen LogP contribution is 2.42. The monoisotopic (exact) mass is 531 g/mol. The van der Waals surface area contributed by atoms with Gasteiger partial charge in [0.1, 0.15) is 17.1 Å².